The number of hydrogen-bond donors (Lipinski definition) is 2. The molecule has 1 fully saturated rings. The van der Waals surface area contributed by atoms with Crippen LogP contribution >= 0.6 is 0 Å². The fourth-order valence-electron chi connectivity index (χ4n) is 4.62. The number of benzene rings is 2. The first kappa shape index (κ1) is 27.2. The van der Waals surface area contributed by atoms with Crippen molar-refractivity contribution in [1.82, 2.24) is 9.80 Å². The maximum Gasteiger partial charge on any atom is 0.262 e. The third-order valence-electron chi connectivity index (χ3n) is 7.06. The molecule has 37 heavy (non-hydrogen) atoms. The minimum absolute atomic E-state index is 0.0565. The van der Waals surface area contributed by atoms with Crippen LogP contribution in [0.25, 0.3) is 0 Å². The van der Waals surface area contributed by atoms with Crippen molar-refractivity contribution < 1.29 is 27.8 Å². The van der Waals surface area contributed by atoms with Crippen LogP contribution in [0.5, 0.6) is 11.5 Å². The van der Waals surface area contributed by atoms with Crippen LogP contribution in [0.2, 0.25) is 0 Å². The molecule has 2 aromatic rings. The van der Waals surface area contributed by atoms with E-state index in [4.69, 9.17) is 9.47 Å². The highest BCUT2D eigenvalue weighted by molar-refractivity contribution is 7.92. The molecule has 202 valence electrons. The van der Waals surface area contributed by atoms with Gasteiger partial charge in [0, 0.05) is 25.6 Å². The summed E-state index contributed by atoms with van der Waals surface area (Å²) in [5, 5.41) is 9.86. The first-order valence-electron chi connectivity index (χ1n) is 12.7. The quantitative estimate of drug-likeness (QED) is 0.485. The van der Waals surface area contributed by atoms with Crippen LogP contribution in [0.3, 0.4) is 0 Å². The maximum atomic E-state index is 13.6. The van der Waals surface area contributed by atoms with Crippen molar-refractivity contribution in [2.24, 2.45) is 11.8 Å². The molecule has 3 atom stereocenters. The summed E-state index contributed by atoms with van der Waals surface area (Å²) in [7, 11) is -0.394. The molecule has 2 aromatic carbocycles. The second-order valence-electron chi connectivity index (χ2n) is 10.3. The van der Waals surface area contributed by atoms with E-state index < -0.39 is 16.1 Å². The smallest absolute Gasteiger partial charge is 0.262 e. The minimum Gasteiger partial charge on any atom is -0.497 e. The van der Waals surface area contributed by atoms with Gasteiger partial charge in [-0.3, -0.25) is 9.52 Å². The Hall–Kier alpha value is -2.82. The molecule has 1 aliphatic carbocycles. The van der Waals surface area contributed by atoms with Gasteiger partial charge in [0.2, 0.25) is 0 Å². The van der Waals surface area contributed by atoms with E-state index in [2.05, 4.69) is 16.7 Å². The van der Waals surface area contributed by atoms with E-state index in [9.17, 15) is 18.3 Å². The van der Waals surface area contributed by atoms with Crippen LogP contribution < -0.4 is 14.2 Å². The molecular weight excluding hydrogens is 494 g/mol. The topological polar surface area (TPSA) is 108 Å². The molecule has 1 saturated carbocycles. The van der Waals surface area contributed by atoms with Crippen molar-refractivity contribution in [2.75, 3.05) is 45.1 Å². The van der Waals surface area contributed by atoms with Gasteiger partial charge in [0.15, 0.2) is 5.75 Å². The number of aliphatic hydroxyl groups excluding tert-OH is 1. The van der Waals surface area contributed by atoms with Gasteiger partial charge >= 0.3 is 0 Å². The fraction of sp³-hybridized carbons (Fsp3) is 0.519. The number of carbonyl (C=O) groups is 1. The zero-order chi connectivity index (χ0) is 26.7. The van der Waals surface area contributed by atoms with Crippen molar-refractivity contribution in [3.05, 3.63) is 48.0 Å². The molecule has 0 saturated heterocycles. The number of ether oxygens (including phenoxy) is 2. The van der Waals surface area contributed by atoms with Crippen molar-refractivity contribution >= 4 is 21.6 Å². The summed E-state index contributed by atoms with van der Waals surface area (Å²) in [6.07, 6.45) is 2.18. The average Bonchev–Trinajstić information content (AvgIpc) is 3.69. The molecule has 1 heterocycles. The molecule has 2 N–H and O–H groups in total. The standard InChI is InChI=1S/C27H37N3O6S/c1-18-14-30(19(2)17-31)27(32)23-6-5-7-24(26(23)36-25(18)16-29(3)15-20-8-9-20)28-37(33,34)22-12-10-21(35-4)11-13-22/h5-7,10-13,18-20,25,28,31H,8-9,14-17H2,1-4H3/t18-,19+,25+/m1/s1. The second kappa shape index (κ2) is 11.3. The number of hydrogen-bond acceptors (Lipinski definition) is 7. The van der Waals surface area contributed by atoms with Gasteiger partial charge in [0.1, 0.15) is 11.9 Å². The summed E-state index contributed by atoms with van der Waals surface area (Å²) < 4.78 is 40.8. The molecule has 0 spiro atoms. The van der Waals surface area contributed by atoms with Crippen LogP contribution in [0, 0.1) is 11.8 Å². The van der Waals surface area contributed by atoms with E-state index in [1.54, 1.807) is 42.2 Å². The maximum absolute atomic E-state index is 13.6. The lowest BCUT2D eigenvalue weighted by molar-refractivity contribution is 0.0346. The molecular formula is C27H37N3O6S. The predicted molar refractivity (Wildman–Crippen MR) is 142 cm³/mol. The Morgan fingerprint density at radius 1 is 1.19 bits per heavy atom. The van der Waals surface area contributed by atoms with E-state index in [0.29, 0.717) is 24.8 Å². The number of rotatable bonds is 10. The van der Waals surface area contributed by atoms with Gasteiger partial charge in [-0.2, -0.15) is 0 Å². The highest BCUT2D eigenvalue weighted by atomic mass is 32.2. The van der Waals surface area contributed by atoms with Gasteiger partial charge in [-0.05, 0) is 69.1 Å². The first-order valence-corrected chi connectivity index (χ1v) is 14.2. The molecule has 9 nitrogen and oxygen atoms in total. The van der Waals surface area contributed by atoms with Crippen LogP contribution in [0.4, 0.5) is 5.69 Å². The van der Waals surface area contributed by atoms with E-state index >= 15 is 0 Å². The van der Waals surface area contributed by atoms with E-state index in [-0.39, 0.29) is 46.4 Å². The summed E-state index contributed by atoms with van der Waals surface area (Å²) in [4.78, 5) is 17.6. The lowest BCUT2D eigenvalue weighted by atomic mass is 9.99. The van der Waals surface area contributed by atoms with Crippen LogP contribution in [0.1, 0.15) is 37.0 Å². The number of nitrogens with zero attached hydrogens (tertiary/aromatic N) is 2. The molecule has 10 heteroatoms. The number of para-hydroxylation sites is 1. The van der Waals surface area contributed by atoms with Crippen LogP contribution in [-0.4, -0.2) is 81.8 Å². The Bertz CT molecular complexity index is 1200. The average molecular weight is 532 g/mol. The number of methoxy groups -OCH3 is 1. The monoisotopic (exact) mass is 531 g/mol. The molecule has 0 radical (unpaired) electrons. The summed E-state index contributed by atoms with van der Waals surface area (Å²) in [5.41, 5.74) is 0.458. The molecule has 4 rings (SSSR count). The molecule has 0 unspecified atom stereocenters. The number of sulfonamides is 1. The largest absolute Gasteiger partial charge is 0.497 e. The van der Waals surface area contributed by atoms with Gasteiger partial charge < -0.3 is 24.4 Å². The van der Waals surface area contributed by atoms with Crippen LogP contribution in [0.15, 0.2) is 47.4 Å². The number of amides is 1. The molecule has 2 aliphatic rings. The third-order valence-corrected chi connectivity index (χ3v) is 8.45. The number of likely N-dealkylation sites (N-methyl/N-ethyl adjacent to an activating group) is 1. The number of anilines is 1. The fourth-order valence-corrected chi connectivity index (χ4v) is 5.69. The molecule has 0 bridgehead atoms. The van der Waals surface area contributed by atoms with Crippen molar-refractivity contribution in [3.63, 3.8) is 0 Å². The molecule has 1 amide bonds. The van der Waals surface area contributed by atoms with Gasteiger partial charge in [0.25, 0.3) is 15.9 Å². The minimum atomic E-state index is -3.97. The van der Waals surface area contributed by atoms with Crippen molar-refractivity contribution in [3.8, 4) is 11.5 Å². The Balaban J connectivity index is 1.71. The second-order valence-corrected chi connectivity index (χ2v) is 11.9. The third kappa shape index (κ3) is 6.37. The first-order chi connectivity index (χ1) is 17.6. The number of fused-ring (bicyclic) bond motifs is 1. The zero-order valence-corrected chi connectivity index (χ0v) is 22.7. The molecule has 1 aliphatic heterocycles. The predicted octanol–water partition coefficient (Wildman–Crippen LogP) is 3.06. The Kier molecular flexibility index (Phi) is 8.30. The van der Waals surface area contributed by atoms with Crippen molar-refractivity contribution in [1.29, 1.82) is 0 Å². The van der Waals surface area contributed by atoms with E-state index in [1.807, 2.05) is 6.92 Å². The zero-order valence-electron chi connectivity index (χ0n) is 21.9. The number of carbonyl (C=O) groups excluding carboxylic acids is 1. The van der Waals surface area contributed by atoms with Crippen LogP contribution in [-0.2, 0) is 10.0 Å². The van der Waals surface area contributed by atoms with Gasteiger partial charge in [-0.1, -0.05) is 13.0 Å². The van der Waals surface area contributed by atoms with E-state index in [1.165, 1.54) is 32.1 Å². The Morgan fingerprint density at radius 2 is 1.89 bits per heavy atom. The lowest BCUT2D eigenvalue weighted by Crippen LogP contribution is -2.50. The normalized spacial score (nSPS) is 21.0. The lowest BCUT2D eigenvalue weighted by Gasteiger charge is -2.38. The summed E-state index contributed by atoms with van der Waals surface area (Å²) in [6, 6.07) is 10.5. The molecule has 0 aromatic heterocycles. The summed E-state index contributed by atoms with van der Waals surface area (Å²) in [6.45, 7) is 5.67. The van der Waals surface area contributed by atoms with Gasteiger partial charge in [-0.15, -0.1) is 0 Å². The highest BCUT2D eigenvalue weighted by Crippen LogP contribution is 2.36. The van der Waals surface area contributed by atoms with Gasteiger partial charge in [0.05, 0.1) is 35.9 Å². The Morgan fingerprint density at radius 3 is 2.51 bits per heavy atom. The number of nitrogens with one attached hydrogen (secondary N) is 1. The van der Waals surface area contributed by atoms with Gasteiger partial charge in [-0.25, -0.2) is 8.42 Å². The SMILES string of the molecule is COc1ccc(S(=O)(=O)Nc2cccc3c2O[C@@H](CN(C)CC2CC2)[C@H](C)CN([C@@H](C)CO)C3=O)cc1. The van der Waals surface area contributed by atoms with Crippen molar-refractivity contribution in [2.45, 2.75) is 43.7 Å². The van der Waals surface area contributed by atoms with E-state index in [0.717, 1.165) is 6.54 Å². The Labute approximate surface area is 219 Å². The highest BCUT2D eigenvalue weighted by Gasteiger charge is 2.35. The summed E-state index contributed by atoms with van der Waals surface area (Å²) in [5.74, 6) is 1.09. The number of aliphatic hydroxyl groups is 1. The summed E-state index contributed by atoms with van der Waals surface area (Å²) >= 11 is 0.